The van der Waals surface area contributed by atoms with Gasteiger partial charge in [-0.05, 0) is 44.5 Å². The average molecular weight is 411 g/mol. The molecule has 1 aromatic rings. The number of hydrogen-bond donors (Lipinski definition) is 0. The molecule has 0 unspecified atom stereocenters. The van der Waals surface area contributed by atoms with E-state index in [4.69, 9.17) is 14.2 Å². The van der Waals surface area contributed by atoms with Crippen LogP contribution in [0.25, 0.3) is 6.08 Å². The van der Waals surface area contributed by atoms with Crippen LogP contribution in [0.5, 0.6) is 0 Å². The minimum atomic E-state index is -3.56. The van der Waals surface area contributed by atoms with Gasteiger partial charge in [0.25, 0.3) is 0 Å². The van der Waals surface area contributed by atoms with Gasteiger partial charge in [-0.15, -0.1) is 0 Å². The molecule has 0 bridgehead atoms. The Bertz CT molecular complexity index is 817. The molecule has 8 nitrogen and oxygen atoms in total. The Morgan fingerprint density at radius 1 is 1.14 bits per heavy atom. The third-order valence-electron chi connectivity index (χ3n) is 3.65. The topological polar surface area (TPSA) is 99.2 Å². The molecular formula is C19H25NO7S. The maximum atomic E-state index is 12.5. The van der Waals surface area contributed by atoms with E-state index in [0.717, 1.165) is 6.08 Å². The largest absolute Gasteiger partial charge is 0.457 e. The molecule has 0 amide bonds. The number of carbonyl (C=O) groups is 2. The summed E-state index contributed by atoms with van der Waals surface area (Å²) in [4.78, 5) is 23.4. The first-order valence-electron chi connectivity index (χ1n) is 8.82. The number of hydrogen-bond acceptors (Lipinski definition) is 7. The van der Waals surface area contributed by atoms with Crippen LogP contribution in [0.15, 0.2) is 35.2 Å². The first-order chi connectivity index (χ1) is 13.1. The number of rotatable bonds is 6. The quantitative estimate of drug-likeness (QED) is 0.518. The van der Waals surface area contributed by atoms with Crippen LogP contribution in [0.2, 0.25) is 0 Å². The number of carbonyl (C=O) groups excluding carboxylic acids is 2. The predicted octanol–water partition coefficient (Wildman–Crippen LogP) is 1.61. The Morgan fingerprint density at radius 2 is 1.75 bits per heavy atom. The maximum Gasteiger partial charge on any atom is 0.344 e. The zero-order valence-corrected chi connectivity index (χ0v) is 17.0. The van der Waals surface area contributed by atoms with Crippen LogP contribution in [0.3, 0.4) is 0 Å². The summed E-state index contributed by atoms with van der Waals surface area (Å²) in [5.41, 5.74) is -0.0297. The van der Waals surface area contributed by atoms with Gasteiger partial charge in [-0.25, -0.2) is 18.0 Å². The number of nitrogens with zero attached hydrogens (tertiary/aromatic N) is 1. The van der Waals surface area contributed by atoms with E-state index in [0.29, 0.717) is 31.9 Å². The van der Waals surface area contributed by atoms with Crippen LogP contribution in [0.4, 0.5) is 0 Å². The van der Waals surface area contributed by atoms with Crippen molar-refractivity contribution in [2.45, 2.75) is 31.3 Å². The number of sulfonamides is 1. The summed E-state index contributed by atoms with van der Waals surface area (Å²) < 4.78 is 41.5. The van der Waals surface area contributed by atoms with E-state index >= 15 is 0 Å². The van der Waals surface area contributed by atoms with Crippen molar-refractivity contribution in [3.63, 3.8) is 0 Å². The van der Waals surface area contributed by atoms with Gasteiger partial charge in [0.15, 0.2) is 6.61 Å². The number of ether oxygens (including phenoxy) is 3. The first-order valence-corrected chi connectivity index (χ1v) is 10.3. The van der Waals surface area contributed by atoms with Crippen LogP contribution in [-0.4, -0.2) is 63.2 Å². The van der Waals surface area contributed by atoms with Gasteiger partial charge in [0.2, 0.25) is 10.0 Å². The Hall–Kier alpha value is -2.23. The maximum absolute atomic E-state index is 12.5. The van der Waals surface area contributed by atoms with Crippen molar-refractivity contribution in [1.29, 1.82) is 0 Å². The second kappa shape index (κ2) is 9.31. The van der Waals surface area contributed by atoms with Gasteiger partial charge < -0.3 is 14.2 Å². The highest BCUT2D eigenvalue weighted by Crippen LogP contribution is 2.18. The Balaban J connectivity index is 1.91. The van der Waals surface area contributed by atoms with Gasteiger partial charge in [0.05, 0.1) is 18.1 Å². The molecule has 0 aromatic heterocycles. The van der Waals surface area contributed by atoms with E-state index in [2.05, 4.69) is 0 Å². The van der Waals surface area contributed by atoms with Gasteiger partial charge in [0, 0.05) is 19.2 Å². The van der Waals surface area contributed by atoms with Crippen molar-refractivity contribution in [3.05, 3.63) is 35.9 Å². The minimum absolute atomic E-state index is 0.180. The summed E-state index contributed by atoms with van der Waals surface area (Å²) in [7, 11) is -3.56. The lowest BCUT2D eigenvalue weighted by Gasteiger charge is -2.26. The average Bonchev–Trinajstić information content (AvgIpc) is 2.64. The zero-order chi connectivity index (χ0) is 20.8. The van der Waals surface area contributed by atoms with Gasteiger partial charge in [-0.3, -0.25) is 0 Å². The summed E-state index contributed by atoms with van der Waals surface area (Å²) in [6.45, 7) is 6.09. The second-order valence-electron chi connectivity index (χ2n) is 7.11. The number of morpholine rings is 1. The minimum Gasteiger partial charge on any atom is -0.457 e. The molecule has 0 saturated carbocycles. The molecule has 1 aliphatic rings. The molecule has 0 atom stereocenters. The zero-order valence-electron chi connectivity index (χ0n) is 16.2. The predicted molar refractivity (Wildman–Crippen MR) is 102 cm³/mol. The molecule has 28 heavy (non-hydrogen) atoms. The summed E-state index contributed by atoms with van der Waals surface area (Å²) in [5, 5.41) is 0. The molecule has 9 heteroatoms. The van der Waals surface area contributed by atoms with E-state index in [1.807, 2.05) is 0 Å². The number of benzene rings is 1. The summed E-state index contributed by atoms with van der Waals surface area (Å²) >= 11 is 0. The van der Waals surface area contributed by atoms with E-state index < -0.39 is 34.2 Å². The van der Waals surface area contributed by atoms with Crippen molar-refractivity contribution in [2.75, 3.05) is 32.9 Å². The van der Waals surface area contributed by atoms with Crippen molar-refractivity contribution in [2.24, 2.45) is 0 Å². The highest BCUT2D eigenvalue weighted by molar-refractivity contribution is 7.89. The van der Waals surface area contributed by atoms with Crippen molar-refractivity contribution >= 4 is 28.0 Å². The molecule has 0 spiro atoms. The molecule has 1 heterocycles. The third kappa shape index (κ3) is 6.74. The molecule has 2 rings (SSSR count). The second-order valence-corrected chi connectivity index (χ2v) is 9.05. The van der Waals surface area contributed by atoms with Gasteiger partial charge in [-0.1, -0.05) is 12.1 Å². The number of esters is 2. The molecule has 0 N–H and O–H groups in total. The van der Waals surface area contributed by atoms with Crippen molar-refractivity contribution < 1.29 is 32.2 Å². The Labute approximate surface area is 165 Å². The third-order valence-corrected chi connectivity index (χ3v) is 5.56. The lowest BCUT2D eigenvalue weighted by molar-refractivity contribution is -0.164. The fourth-order valence-electron chi connectivity index (χ4n) is 2.40. The fraction of sp³-hybridized carbons (Fsp3) is 0.474. The Morgan fingerprint density at radius 3 is 2.32 bits per heavy atom. The molecule has 1 aliphatic heterocycles. The summed E-state index contributed by atoms with van der Waals surface area (Å²) in [6, 6.07) is 6.14. The summed E-state index contributed by atoms with van der Waals surface area (Å²) in [5.74, 6) is -1.33. The molecular weight excluding hydrogens is 386 g/mol. The molecule has 1 saturated heterocycles. The molecule has 0 radical (unpaired) electrons. The van der Waals surface area contributed by atoms with Crippen LogP contribution < -0.4 is 0 Å². The van der Waals surface area contributed by atoms with Crippen molar-refractivity contribution in [1.82, 2.24) is 4.31 Å². The smallest absolute Gasteiger partial charge is 0.344 e. The van der Waals surface area contributed by atoms with E-state index in [1.54, 1.807) is 32.9 Å². The standard InChI is InChI=1S/C19H25NO7S/c1-19(2,3)27-18(22)14-26-17(21)9-6-15-4-7-16(8-5-15)28(23,24)20-10-12-25-13-11-20/h4-9H,10-14H2,1-3H3/b9-6+. The van der Waals surface area contributed by atoms with Gasteiger partial charge in [-0.2, -0.15) is 4.31 Å². The normalized spacial score (nSPS) is 16.1. The van der Waals surface area contributed by atoms with Crippen LogP contribution in [0.1, 0.15) is 26.3 Å². The van der Waals surface area contributed by atoms with Crippen LogP contribution >= 0.6 is 0 Å². The summed E-state index contributed by atoms with van der Waals surface area (Å²) in [6.07, 6.45) is 2.64. The first kappa shape index (κ1) is 22.1. The molecule has 1 fully saturated rings. The fourth-order valence-corrected chi connectivity index (χ4v) is 3.81. The monoisotopic (exact) mass is 411 g/mol. The molecule has 154 valence electrons. The van der Waals surface area contributed by atoms with Crippen LogP contribution in [-0.2, 0) is 33.8 Å². The van der Waals surface area contributed by atoms with E-state index in [1.165, 1.54) is 22.5 Å². The van der Waals surface area contributed by atoms with Gasteiger partial charge >= 0.3 is 11.9 Å². The molecule has 0 aliphatic carbocycles. The SMILES string of the molecule is CC(C)(C)OC(=O)COC(=O)/C=C/c1ccc(S(=O)(=O)N2CCOCC2)cc1. The van der Waals surface area contributed by atoms with Crippen molar-refractivity contribution in [3.8, 4) is 0 Å². The Kier molecular flexibility index (Phi) is 7.34. The van der Waals surface area contributed by atoms with E-state index in [9.17, 15) is 18.0 Å². The van der Waals surface area contributed by atoms with Gasteiger partial charge in [0.1, 0.15) is 5.60 Å². The molecule has 1 aromatic carbocycles. The lowest BCUT2D eigenvalue weighted by Crippen LogP contribution is -2.40. The lowest BCUT2D eigenvalue weighted by atomic mass is 10.2. The highest BCUT2D eigenvalue weighted by Gasteiger charge is 2.26. The highest BCUT2D eigenvalue weighted by atomic mass is 32.2. The van der Waals surface area contributed by atoms with Crippen LogP contribution in [0, 0.1) is 0 Å². The van der Waals surface area contributed by atoms with E-state index in [-0.39, 0.29) is 4.90 Å².